The molecule has 1 saturated heterocycles. The molecule has 0 bridgehead atoms. The quantitative estimate of drug-likeness (QED) is 0.590. The van der Waals surface area contributed by atoms with Crippen molar-refractivity contribution in [2.45, 2.75) is 32.2 Å². The zero-order chi connectivity index (χ0) is 9.14. The molecule has 68 valence electrons. The Morgan fingerprint density at radius 2 is 1.92 bits per heavy atom. The monoisotopic (exact) mass is 171 g/mol. The summed E-state index contributed by atoms with van der Waals surface area (Å²) in [7, 11) is 0. The van der Waals surface area contributed by atoms with Crippen molar-refractivity contribution < 1.29 is 14.7 Å². The van der Waals surface area contributed by atoms with Gasteiger partial charge >= 0.3 is 0 Å². The average molecular weight is 171 g/mol. The van der Waals surface area contributed by atoms with Gasteiger partial charge in [-0.2, -0.15) is 0 Å². The van der Waals surface area contributed by atoms with E-state index in [1.807, 2.05) is 0 Å². The van der Waals surface area contributed by atoms with Crippen molar-refractivity contribution in [3.05, 3.63) is 0 Å². The highest BCUT2D eigenvalue weighted by atomic mass is 16.3. The predicted molar refractivity (Wildman–Crippen MR) is 42.3 cm³/mol. The number of rotatable bonds is 2. The minimum Gasteiger partial charge on any atom is -0.394 e. The average Bonchev–Trinajstić information content (AvgIpc) is 2.03. The zero-order valence-electron chi connectivity index (χ0n) is 7.12. The smallest absolute Gasteiger partial charge is 0.229 e. The first-order chi connectivity index (χ1) is 5.66. The molecule has 4 heteroatoms. The number of imide groups is 1. The molecule has 0 aromatic carbocycles. The molecule has 0 radical (unpaired) electrons. The van der Waals surface area contributed by atoms with Crippen molar-refractivity contribution in [3.8, 4) is 0 Å². The van der Waals surface area contributed by atoms with Gasteiger partial charge in [-0.05, 0) is 13.3 Å². The third-order valence-corrected chi connectivity index (χ3v) is 2.02. The number of hydrogen-bond donors (Lipinski definition) is 1. The molecule has 0 spiro atoms. The molecule has 0 aromatic rings. The Hall–Kier alpha value is -0.900. The fourth-order valence-corrected chi connectivity index (χ4v) is 1.34. The zero-order valence-corrected chi connectivity index (χ0v) is 7.12. The number of hydrogen-bond acceptors (Lipinski definition) is 3. The van der Waals surface area contributed by atoms with Crippen molar-refractivity contribution >= 4 is 11.8 Å². The van der Waals surface area contributed by atoms with Gasteiger partial charge in [-0.3, -0.25) is 14.5 Å². The lowest BCUT2D eigenvalue weighted by atomic mass is 10.1. The van der Waals surface area contributed by atoms with Gasteiger partial charge in [0.1, 0.15) is 0 Å². The minimum absolute atomic E-state index is 0.155. The molecule has 1 aliphatic rings. The van der Waals surface area contributed by atoms with Gasteiger partial charge in [0.05, 0.1) is 12.6 Å². The van der Waals surface area contributed by atoms with Crippen LogP contribution in [0.5, 0.6) is 0 Å². The molecule has 1 atom stereocenters. The maximum Gasteiger partial charge on any atom is 0.229 e. The van der Waals surface area contributed by atoms with Gasteiger partial charge in [0.25, 0.3) is 0 Å². The number of nitrogens with zero attached hydrogens (tertiary/aromatic N) is 1. The molecule has 0 saturated carbocycles. The van der Waals surface area contributed by atoms with Crippen LogP contribution in [0, 0.1) is 0 Å². The highest BCUT2D eigenvalue weighted by Crippen LogP contribution is 2.14. The van der Waals surface area contributed by atoms with Gasteiger partial charge in [-0.15, -0.1) is 0 Å². The van der Waals surface area contributed by atoms with Gasteiger partial charge < -0.3 is 5.11 Å². The van der Waals surface area contributed by atoms with Crippen molar-refractivity contribution in [1.82, 2.24) is 4.90 Å². The molecule has 2 amide bonds. The van der Waals surface area contributed by atoms with Crippen LogP contribution in [0.4, 0.5) is 0 Å². The van der Waals surface area contributed by atoms with Crippen molar-refractivity contribution in [2.75, 3.05) is 6.61 Å². The molecule has 0 aromatic heterocycles. The fraction of sp³-hybridized carbons (Fsp3) is 0.750. The second-order valence-electron chi connectivity index (χ2n) is 3.04. The van der Waals surface area contributed by atoms with E-state index in [4.69, 9.17) is 5.11 Å². The topological polar surface area (TPSA) is 57.6 Å². The lowest BCUT2D eigenvalue weighted by Gasteiger charge is -2.29. The highest BCUT2D eigenvalue weighted by Gasteiger charge is 2.29. The van der Waals surface area contributed by atoms with Crippen molar-refractivity contribution in [1.29, 1.82) is 0 Å². The maximum absolute atomic E-state index is 11.2. The number of carbonyl (C=O) groups is 2. The summed E-state index contributed by atoms with van der Waals surface area (Å²) >= 11 is 0. The SMILES string of the molecule is C[C@H](CO)N1C(=O)CCCC1=O. The molecule has 4 nitrogen and oxygen atoms in total. The Bertz CT molecular complexity index is 186. The van der Waals surface area contributed by atoms with E-state index >= 15 is 0 Å². The summed E-state index contributed by atoms with van der Waals surface area (Å²) in [6.45, 7) is 1.51. The Morgan fingerprint density at radius 3 is 2.33 bits per heavy atom. The van der Waals surface area contributed by atoms with E-state index in [9.17, 15) is 9.59 Å². The normalized spacial score (nSPS) is 21.3. The summed E-state index contributed by atoms with van der Waals surface area (Å²) in [6, 6.07) is -0.370. The third-order valence-electron chi connectivity index (χ3n) is 2.02. The van der Waals surface area contributed by atoms with Crippen LogP contribution in [0.1, 0.15) is 26.2 Å². The lowest BCUT2D eigenvalue weighted by Crippen LogP contribution is -2.47. The second kappa shape index (κ2) is 3.67. The molecule has 1 fully saturated rings. The Labute approximate surface area is 71.2 Å². The van der Waals surface area contributed by atoms with Crippen LogP contribution in [0.3, 0.4) is 0 Å². The van der Waals surface area contributed by atoms with E-state index in [1.165, 1.54) is 4.90 Å². The van der Waals surface area contributed by atoms with Crippen LogP contribution in [0.2, 0.25) is 0 Å². The van der Waals surface area contributed by atoms with E-state index in [-0.39, 0.29) is 24.5 Å². The molecule has 1 rings (SSSR count). The molecule has 1 heterocycles. The van der Waals surface area contributed by atoms with Crippen LogP contribution in [-0.4, -0.2) is 34.5 Å². The standard InChI is InChI=1S/C8H13NO3/c1-6(5-10)9-7(11)3-2-4-8(9)12/h6,10H,2-5H2,1H3/t6-/m1/s1. The van der Waals surface area contributed by atoms with Crippen LogP contribution in [0.25, 0.3) is 0 Å². The van der Waals surface area contributed by atoms with E-state index in [1.54, 1.807) is 6.92 Å². The van der Waals surface area contributed by atoms with Gasteiger partial charge in [0.15, 0.2) is 0 Å². The summed E-state index contributed by atoms with van der Waals surface area (Å²) in [4.78, 5) is 23.6. The Kier molecular flexibility index (Phi) is 2.81. The second-order valence-corrected chi connectivity index (χ2v) is 3.04. The number of aliphatic hydroxyl groups excluding tert-OH is 1. The fourth-order valence-electron chi connectivity index (χ4n) is 1.34. The summed E-state index contributed by atoms with van der Waals surface area (Å²) in [5.74, 6) is -0.319. The van der Waals surface area contributed by atoms with Crippen LogP contribution in [-0.2, 0) is 9.59 Å². The number of likely N-dealkylation sites (tertiary alicyclic amines) is 1. The number of piperidine rings is 1. The minimum atomic E-state index is -0.370. The molecule has 1 N–H and O–H groups in total. The first-order valence-corrected chi connectivity index (χ1v) is 4.12. The summed E-state index contributed by atoms with van der Waals surface area (Å²) in [6.07, 6.45) is 1.50. The van der Waals surface area contributed by atoms with E-state index in [0.717, 1.165) is 0 Å². The van der Waals surface area contributed by atoms with Crippen molar-refractivity contribution in [3.63, 3.8) is 0 Å². The van der Waals surface area contributed by atoms with Crippen LogP contribution < -0.4 is 0 Å². The first kappa shape index (κ1) is 9.19. The molecule has 12 heavy (non-hydrogen) atoms. The number of carbonyl (C=O) groups excluding carboxylic acids is 2. The first-order valence-electron chi connectivity index (χ1n) is 4.12. The van der Waals surface area contributed by atoms with E-state index in [0.29, 0.717) is 19.3 Å². The Balaban J connectivity index is 2.69. The summed E-state index contributed by atoms with van der Waals surface area (Å²) in [5, 5.41) is 8.78. The van der Waals surface area contributed by atoms with Gasteiger partial charge in [-0.1, -0.05) is 0 Å². The number of aliphatic hydroxyl groups is 1. The Morgan fingerprint density at radius 1 is 1.42 bits per heavy atom. The van der Waals surface area contributed by atoms with Crippen LogP contribution >= 0.6 is 0 Å². The lowest BCUT2D eigenvalue weighted by molar-refractivity contribution is -0.151. The largest absolute Gasteiger partial charge is 0.394 e. The maximum atomic E-state index is 11.2. The molecular weight excluding hydrogens is 158 g/mol. The van der Waals surface area contributed by atoms with E-state index in [2.05, 4.69) is 0 Å². The van der Waals surface area contributed by atoms with Gasteiger partial charge in [0.2, 0.25) is 11.8 Å². The molecule has 0 unspecified atom stereocenters. The van der Waals surface area contributed by atoms with E-state index < -0.39 is 0 Å². The molecule has 0 aliphatic carbocycles. The number of amides is 2. The summed E-state index contributed by atoms with van der Waals surface area (Å²) in [5.41, 5.74) is 0. The van der Waals surface area contributed by atoms with Gasteiger partial charge in [-0.25, -0.2) is 0 Å². The van der Waals surface area contributed by atoms with Gasteiger partial charge in [0, 0.05) is 12.8 Å². The predicted octanol–water partition coefficient (Wildman–Crippen LogP) is -0.0937. The molecular formula is C8H13NO3. The van der Waals surface area contributed by atoms with Crippen molar-refractivity contribution in [2.24, 2.45) is 0 Å². The highest BCUT2D eigenvalue weighted by molar-refractivity contribution is 5.97. The third kappa shape index (κ3) is 1.64. The molecule has 1 aliphatic heterocycles. The summed E-state index contributed by atoms with van der Waals surface area (Å²) < 4.78 is 0. The van der Waals surface area contributed by atoms with Crippen LogP contribution in [0.15, 0.2) is 0 Å².